The summed E-state index contributed by atoms with van der Waals surface area (Å²) >= 11 is 0. The standard InChI is InChI=1S/C34H36FN7O3/c1-34(2,3)23-13-22-17-37-42(33(45)31(22)26(35)14-23)29-8-6-7-24(25(29)19-43)27-15-28(32(44)41(5)39-27)38-30-10-9-20(16-36-30)21-11-12-40(4)18-21/h6-10,13-17,21,43H,11-12,18-19H2,1-5H3,(H,36,38). The predicted octanol–water partition coefficient (Wildman–Crippen LogP) is 4.63. The lowest BCUT2D eigenvalue weighted by atomic mass is 9.86. The summed E-state index contributed by atoms with van der Waals surface area (Å²) in [7, 11) is 3.65. The van der Waals surface area contributed by atoms with Crippen LogP contribution in [0.15, 0.2) is 70.5 Å². The number of likely N-dealkylation sites (N-methyl/N-ethyl adjacent to an activating group) is 1. The molecule has 1 atom stereocenters. The Bertz CT molecular complexity index is 2030. The summed E-state index contributed by atoms with van der Waals surface area (Å²) in [5.41, 5.74) is 2.33. The normalized spacial score (nSPS) is 15.6. The second-order valence-corrected chi connectivity index (χ2v) is 12.7. The van der Waals surface area contributed by atoms with Gasteiger partial charge in [0.15, 0.2) is 0 Å². The maximum Gasteiger partial charge on any atom is 0.290 e. The van der Waals surface area contributed by atoms with Crippen molar-refractivity contribution in [2.45, 2.75) is 45.1 Å². The summed E-state index contributed by atoms with van der Waals surface area (Å²) in [5, 5.41) is 22.8. The van der Waals surface area contributed by atoms with Gasteiger partial charge in [0.1, 0.15) is 17.3 Å². The van der Waals surface area contributed by atoms with Crippen LogP contribution in [0.5, 0.6) is 0 Å². The van der Waals surface area contributed by atoms with Crippen LogP contribution in [0.25, 0.3) is 27.7 Å². The molecule has 1 saturated heterocycles. The highest BCUT2D eigenvalue weighted by Crippen LogP contribution is 2.31. The molecule has 4 heterocycles. The average molecular weight is 610 g/mol. The Kier molecular flexibility index (Phi) is 7.84. The molecule has 10 nitrogen and oxygen atoms in total. The van der Waals surface area contributed by atoms with Crippen molar-refractivity contribution in [3.8, 4) is 16.9 Å². The smallest absolute Gasteiger partial charge is 0.290 e. The topological polar surface area (TPSA) is 118 Å². The highest BCUT2D eigenvalue weighted by molar-refractivity contribution is 5.83. The molecule has 6 rings (SSSR count). The third kappa shape index (κ3) is 5.76. The Morgan fingerprint density at radius 1 is 1.04 bits per heavy atom. The van der Waals surface area contributed by atoms with Crippen LogP contribution in [0.4, 0.5) is 15.9 Å². The number of hydrogen-bond acceptors (Lipinski definition) is 8. The van der Waals surface area contributed by atoms with E-state index in [1.165, 1.54) is 24.0 Å². The first-order valence-electron chi connectivity index (χ1n) is 14.9. The number of hydrogen-bond donors (Lipinski definition) is 2. The minimum absolute atomic E-state index is 0.0857. The lowest BCUT2D eigenvalue weighted by molar-refractivity contribution is 0.281. The van der Waals surface area contributed by atoms with E-state index in [4.69, 9.17) is 0 Å². The maximum absolute atomic E-state index is 15.3. The molecule has 0 amide bonds. The predicted molar refractivity (Wildman–Crippen MR) is 173 cm³/mol. The van der Waals surface area contributed by atoms with Gasteiger partial charge in [0.2, 0.25) is 0 Å². The van der Waals surface area contributed by atoms with Crippen molar-refractivity contribution in [3.05, 3.63) is 104 Å². The highest BCUT2D eigenvalue weighted by atomic mass is 19.1. The van der Waals surface area contributed by atoms with Crippen LogP contribution in [0.1, 0.15) is 49.8 Å². The van der Waals surface area contributed by atoms with Gasteiger partial charge >= 0.3 is 0 Å². The number of aliphatic hydroxyl groups is 1. The summed E-state index contributed by atoms with van der Waals surface area (Å²) in [5.74, 6) is 0.315. The fourth-order valence-electron chi connectivity index (χ4n) is 5.91. The van der Waals surface area contributed by atoms with Crippen LogP contribution < -0.4 is 16.4 Å². The number of anilines is 2. The number of aryl methyl sites for hydroxylation is 1. The van der Waals surface area contributed by atoms with Crippen LogP contribution >= 0.6 is 0 Å². The van der Waals surface area contributed by atoms with Gasteiger partial charge in [0.25, 0.3) is 11.1 Å². The number of pyridine rings is 1. The molecular weight excluding hydrogens is 573 g/mol. The van der Waals surface area contributed by atoms with E-state index in [2.05, 4.69) is 32.4 Å². The van der Waals surface area contributed by atoms with E-state index in [1.807, 2.05) is 39.1 Å². The van der Waals surface area contributed by atoms with Gasteiger partial charge in [-0.3, -0.25) is 9.59 Å². The Morgan fingerprint density at radius 2 is 1.84 bits per heavy atom. The van der Waals surface area contributed by atoms with Crippen LogP contribution in [0, 0.1) is 5.82 Å². The van der Waals surface area contributed by atoms with Gasteiger partial charge in [0, 0.05) is 36.3 Å². The Balaban J connectivity index is 1.38. The van der Waals surface area contributed by atoms with Gasteiger partial charge in [-0.2, -0.15) is 14.9 Å². The number of nitrogens with zero attached hydrogens (tertiary/aromatic N) is 6. The molecule has 0 aliphatic carbocycles. The molecule has 2 N–H and O–H groups in total. The van der Waals surface area contributed by atoms with E-state index in [9.17, 15) is 14.7 Å². The molecule has 2 aromatic carbocycles. The molecule has 1 aliphatic rings. The molecule has 0 spiro atoms. The molecule has 5 aromatic rings. The maximum atomic E-state index is 15.3. The first kappa shape index (κ1) is 30.3. The number of aliphatic hydroxyl groups excluding tert-OH is 1. The molecule has 1 aliphatic heterocycles. The first-order valence-corrected chi connectivity index (χ1v) is 14.9. The van der Waals surface area contributed by atoms with E-state index < -0.39 is 18.0 Å². The molecule has 0 bridgehead atoms. The van der Waals surface area contributed by atoms with E-state index in [1.54, 1.807) is 30.3 Å². The van der Waals surface area contributed by atoms with Crippen molar-refractivity contribution in [1.82, 2.24) is 29.4 Å². The Labute approximate surface area is 259 Å². The molecule has 45 heavy (non-hydrogen) atoms. The second-order valence-electron chi connectivity index (χ2n) is 12.7. The van der Waals surface area contributed by atoms with Gasteiger partial charge in [-0.25, -0.2) is 14.1 Å². The molecule has 232 valence electrons. The summed E-state index contributed by atoms with van der Waals surface area (Å²) in [6, 6.07) is 13.7. The molecular formula is C34H36FN7O3. The van der Waals surface area contributed by atoms with Gasteiger partial charge in [-0.05, 0) is 72.8 Å². The Morgan fingerprint density at radius 3 is 2.51 bits per heavy atom. The zero-order valence-electron chi connectivity index (χ0n) is 26.0. The summed E-state index contributed by atoms with van der Waals surface area (Å²) in [6.45, 7) is 7.49. The summed E-state index contributed by atoms with van der Waals surface area (Å²) in [4.78, 5) is 33.5. The SMILES string of the molecule is CN1CCC(c2ccc(Nc3cc(-c4cccc(-n5ncc6cc(C(C)(C)C)cc(F)c6c5=O)c4CO)nn(C)c3=O)nc2)C1. The minimum Gasteiger partial charge on any atom is -0.392 e. The average Bonchev–Trinajstić information content (AvgIpc) is 3.45. The summed E-state index contributed by atoms with van der Waals surface area (Å²) < 4.78 is 17.6. The number of halogens is 1. The third-order valence-corrected chi connectivity index (χ3v) is 8.49. The lowest BCUT2D eigenvalue weighted by Crippen LogP contribution is -2.24. The van der Waals surface area contributed by atoms with Crippen molar-refractivity contribution in [2.75, 3.05) is 25.5 Å². The molecule has 3 aromatic heterocycles. The van der Waals surface area contributed by atoms with E-state index >= 15 is 4.39 Å². The van der Waals surface area contributed by atoms with Crippen LogP contribution in [0.3, 0.4) is 0 Å². The van der Waals surface area contributed by atoms with E-state index in [0.717, 1.165) is 35.3 Å². The largest absolute Gasteiger partial charge is 0.392 e. The minimum atomic E-state index is -0.646. The van der Waals surface area contributed by atoms with E-state index in [0.29, 0.717) is 33.9 Å². The van der Waals surface area contributed by atoms with Crippen molar-refractivity contribution < 1.29 is 9.50 Å². The zero-order valence-corrected chi connectivity index (χ0v) is 26.0. The van der Waals surface area contributed by atoms with E-state index in [-0.39, 0.29) is 27.7 Å². The number of likely N-dealkylation sites (tertiary alicyclic amines) is 1. The van der Waals surface area contributed by atoms with Crippen molar-refractivity contribution >= 4 is 22.3 Å². The van der Waals surface area contributed by atoms with Crippen LogP contribution in [-0.4, -0.2) is 54.7 Å². The fraction of sp³-hybridized carbons (Fsp3) is 0.324. The number of nitrogens with one attached hydrogen (secondary N) is 1. The second kappa shape index (κ2) is 11.6. The molecule has 1 fully saturated rings. The molecule has 0 saturated carbocycles. The molecule has 11 heteroatoms. The lowest BCUT2D eigenvalue weighted by Gasteiger charge is -2.20. The van der Waals surface area contributed by atoms with Crippen molar-refractivity contribution in [1.29, 1.82) is 0 Å². The highest BCUT2D eigenvalue weighted by Gasteiger charge is 2.23. The number of fused-ring (bicyclic) bond motifs is 1. The molecule has 0 radical (unpaired) electrons. The quantitative estimate of drug-likeness (QED) is 0.286. The first-order chi connectivity index (χ1) is 21.4. The molecule has 1 unspecified atom stereocenters. The van der Waals surface area contributed by atoms with Crippen molar-refractivity contribution in [3.63, 3.8) is 0 Å². The van der Waals surface area contributed by atoms with Crippen molar-refractivity contribution in [2.24, 2.45) is 7.05 Å². The Hall–Kier alpha value is -4.74. The fourth-order valence-corrected chi connectivity index (χ4v) is 5.91. The van der Waals surface area contributed by atoms with Crippen LogP contribution in [0.2, 0.25) is 0 Å². The van der Waals surface area contributed by atoms with Crippen LogP contribution in [-0.2, 0) is 19.1 Å². The number of rotatable bonds is 6. The number of benzene rings is 2. The summed E-state index contributed by atoms with van der Waals surface area (Å²) in [6.07, 6.45) is 4.38. The van der Waals surface area contributed by atoms with Gasteiger partial charge in [-0.1, -0.05) is 39.0 Å². The third-order valence-electron chi connectivity index (χ3n) is 8.49. The monoisotopic (exact) mass is 609 g/mol. The zero-order chi connectivity index (χ0) is 32.0. The van der Waals surface area contributed by atoms with Gasteiger partial charge in [-0.15, -0.1) is 0 Å². The number of aromatic nitrogens is 5. The van der Waals surface area contributed by atoms with Gasteiger partial charge < -0.3 is 15.3 Å². The van der Waals surface area contributed by atoms with Gasteiger partial charge in [0.05, 0.1) is 29.6 Å².